The van der Waals surface area contributed by atoms with E-state index in [0.29, 0.717) is 4.47 Å². The molecule has 3 rings (SSSR count). The first-order valence-electron chi connectivity index (χ1n) is 8.39. The normalized spacial score (nSPS) is 24.6. The van der Waals surface area contributed by atoms with Crippen LogP contribution in [0.5, 0.6) is 0 Å². The molecule has 0 spiro atoms. The second-order valence-electron chi connectivity index (χ2n) is 6.66. The molecule has 9 heteroatoms. The molecule has 1 fully saturated rings. The first-order chi connectivity index (χ1) is 11.8. The van der Waals surface area contributed by atoms with Crippen LogP contribution in [0.25, 0.3) is 0 Å². The third-order valence-electron chi connectivity index (χ3n) is 4.56. The number of carbonyl (C=O) groups excluding carboxylic acids is 1. The Morgan fingerprint density at radius 1 is 1.36 bits per heavy atom. The Bertz CT molecular complexity index is 802. The predicted octanol–water partition coefficient (Wildman–Crippen LogP) is 2.83. The van der Waals surface area contributed by atoms with Crippen LogP contribution in [-0.2, 0) is 14.8 Å². The largest absolute Gasteiger partial charge is 0.353 e. The lowest BCUT2D eigenvalue weighted by Gasteiger charge is -2.27. The van der Waals surface area contributed by atoms with Crippen LogP contribution < -0.4 is 10.6 Å². The van der Waals surface area contributed by atoms with E-state index in [9.17, 15) is 13.2 Å². The Balaban J connectivity index is 1.58. The van der Waals surface area contributed by atoms with Crippen LogP contribution in [0.15, 0.2) is 26.0 Å². The number of amidine groups is 1. The van der Waals surface area contributed by atoms with E-state index in [1.165, 1.54) is 12.3 Å². The van der Waals surface area contributed by atoms with E-state index in [1.54, 1.807) is 0 Å². The molecule has 1 amide bonds. The van der Waals surface area contributed by atoms with Gasteiger partial charge in [0.15, 0.2) is 5.82 Å². The maximum Gasteiger partial charge on any atom is 0.287 e. The minimum absolute atomic E-state index is 0.0337. The monoisotopic (exact) mass is 428 g/mol. The predicted molar refractivity (Wildman–Crippen MR) is 99.0 cm³/mol. The van der Waals surface area contributed by atoms with Crippen molar-refractivity contribution in [2.24, 2.45) is 10.3 Å². The number of hydrogen-bond acceptors (Lipinski definition) is 5. The maximum atomic E-state index is 12.2. The van der Waals surface area contributed by atoms with Gasteiger partial charge < -0.3 is 10.6 Å². The highest BCUT2D eigenvalue weighted by atomic mass is 79.9. The third kappa shape index (κ3) is 4.58. The van der Waals surface area contributed by atoms with Crippen molar-refractivity contribution in [2.75, 3.05) is 5.32 Å². The minimum atomic E-state index is -3.79. The summed E-state index contributed by atoms with van der Waals surface area (Å²) in [6, 6.07) is 1.69. The Hall–Kier alpha value is -1.48. The SMILES string of the molecule is CC1CCC(NC(=O)CCC2=NS(=O)(=O)c3cc(Br)cnc3N2)CC1. The van der Waals surface area contributed by atoms with Crippen LogP contribution >= 0.6 is 15.9 Å². The molecule has 1 saturated carbocycles. The quantitative estimate of drug-likeness (QED) is 0.767. The summed E-state index contributed by atoms with van der Waals surface area (Å²) in [5.41, 5.74) is 0. The van der Waals surface area contributed by atoms with Gasteiger partial charge in [-0.3, -0.25) is 4.79 Å². The van der Waals surface area contributed by atoms with Crippen LogP contribution in [-0.4, -0.2) is 31.2 Å². The second kappa shape index (κ2) is 7.41. The lowest BCUT2D eigenvalue weighted by molar-refractivity contribution is -0.121. The van der Waals surface area contributed by atoms with Crippen LogP contribution in [0.2, 0.25) is 0 Å². The third-order valence-corrected chi connectivity index (χ3v) is 6.32. The summed E-state index contributed by atoms with van der Waals surface area (Å²) in [5, 5.41) is 5.94. The van der Waals surface area contributed by atoms with E-state index in [4.69, 9.17) is 0 Å². The van der Waals surface area contributed by atoms with Crippen molar-refractivity contribution < 1.29 is 13.2 Å². The summed E-state index contributed by atoms with van der Waals surface area (Å²) in [6.45, 7) is 2.23. The number of carbonyl (C=O) groups is 1. The molecule has 2 aliphatic rings. The molecule has 2 N–H and O–H groups in total. The molecule has 1 aromatic rings. The van der Waals surface area contributed by atoms with Gasteiger partial charge in [0.05, 0.1) is 0 Å². The molecule has 1 aliphatic heterocycles. The first-order valence-corrected chi connectivity index (χ1v) is 10.6. The molecule has 0 aromatic carbocycles. The fourth-order valence-corrected chi connectivity index (χ4v) is 4.74. The summed E-state index contributed by atoms with van der Waals surface area (Å²) in [5.74, 6) is 1.15. The fraction of sp³-hybridized carbons (Fsp3) is 0.562. The van der Waals surface area contributed by atoms with Crippen molar-refractivity contribution in [3.63, 3.8) is 0 Å². The van der Waals surface area contributed by atoms with E-state index >= 15 is 0 Å². The molecule has 25 heavy (non-hydrogen) atoms. The number of aromatic nitrogens is 1. The molecular weight excluding hydrogens is 408 g/mol. The van der Waals surface area contributed by atoms with Gasteiger partial charge >= 0.3 is 0 Å². The van der Waals surface area contributed by atoms with Crippen molar-refractivity contribution >= 4 is 43.5 Å². The number of anilines is 1. The highest BCUT2D eigenvalue weighted by Gasteiger charge is 2.27. The number of rotatable bonds is 4. The van der Waals surface area contributed by atoms with Crippen molar-refractivity contribution in [1.82, 2.24) is 10.3 Å². The summed E-state index contributed by atoms with van der Waals surface area (Å²) in [6.07, 6.45) is 6.22. The molecule has 1 aromatic heterocycles. The lowest BCUT2D eigenvalue weighted by atomic mass is 9.87. The number of pyridine rings is 1. The van der Waals surface area contributed by atoms with Gasteiger partial charge in [0.1, 0.15) is 10.7 Å². The Kier molecular flexibility index (Phi) is 5.43. The highest BCUT2D eigenvalue weighted by Crippen LogP contribution is 2.28. The van der Waals surface area contributed by atoms with Gasteiger partial charge in [0.2, 0.25) is 5.91 Å². The van der Waals surface area contributed by atoms with Crippen molar-refractivity contribution in [2.45, 2.75) is 56.4 Å². The molecule has 0 bridgehead atoms. The average molecular weight is 429 g/mol. The number of halogens is 1. The number of nitrogens with one attached hydrogen (secondary N) is 2. The Labute approximate surface area is 155 Å². The van der Waals surface area contributed by atoms with Crippen molar-refractivity contribution in [3.8, 4) is 0 Å². The summed E-state index contributed by atoms with van der Waals surface area (Å²) in [4.78, 5) is 16.2. The number of hydrogen-bond donors (Lipinski definition) is 2. The molecule has 0 atom stereocenters. The Morgan fingerprint density at radius 2 is 2.08 bits per heavy atom. The first kappa shape index (κ1) is 18.3. The smallest absolute Gasteiger partial charge is 0.287 e. The van der Waals surface area contributed by atoms with Gasteiger partial charge in [-0.25, -0.2) is 4.98 Å². The summed E-state index contributed by atoms with van der Waals surface area (Å²) in [7, 11) is -3.79. The molecule has 2 heterocycles. The number of amides is 1. The van der Waals surface area contributed by atoms with E-state index in [2.05, 4.69) is 42.9 Å². The minimum Gasteiger partial charge on any atom is -0.353 e. The van der Waals surface area contributed by atoms with Crippen molar-refractivity contribution in [3.05, 3.63) is 16.7 Å². The van der Waals surface area contributed by atoms with Gasteiger partial charge in [-0.05, 0) is 53.6 Å². The van der Waals surface area contributed by atoms with Gasteiger partial charge in [-0.15, -0.1) is 4.40 Å². The van der Waals surface area contributed by atoms with E-state index in [0.717, 1.165) is 31.6 Å². The zero-order chi connectivity index (χ0) is 18.0. The zero-order valence-corrected chi connectivity index (χ0v) is 16.4. The van der Waals surface area contributed by atoms with Gasteiger partial charge in [0.25, 0.3) is 10.0 Å². The Morgan fingerprint density at radius 3 is 2.80 bits per heavy atom. The lowest BCUT2D eigenvalue weighted by Crippen LogP contribution is -2.37. The van der Waals surface area contributed by atoms with Gasteiger partial charge in [-0.1, -0.05) is 6.92 Å². The summed E-state index contributed by atoms with van der Waals surface area (Å²) >= 11 is 3.20. The molecular formula is C16H21BrN4O3S. The molecule has 1 aliphatic carbocycles. The van der Waals surface area contributed by atoms with E-state index in [-0.39, 0.29) is 41.3 Å². The van der Waals surface area contributed by atoms with E-state index < -0.39 is 10.0 Å². The summed E-state index contributed by atoms with van der Waals surface area (Å²) < 4.78 is 28.8. The number of nitrogens with zero attached hydrogens (tertiary/aromatic N) is 2. The molecule has 0 saturated heterocycles. The molecule has 0 radical (unpaired) electrons. The second-order valence-corrected chi connectivity index (χ2v) is 9.15. The topological polar surface area (TPSA) is 101 Å². The van der Waals surface area contributed by atoms with Crippen LogP contribution in [0, 0.1) is 5.92 Å². The van der Waals surface area contributed by atoms with Gasteiger partial charge in [-0.2, -0.15) is 8.42 Å². The van der Waals surface area contributed by atoms with Crippen molar-refractivity contribution in [1.29, 1.82) is 0 Å². The maximum absolute atomic E-state index is 12.2. The number of sulfonamides is 1. The molecule has 0 unspecified atom stereocenters. The zero-order valence-electron chi connectivity index (χ0n) is 14.0. The molecule has 7 nitrogen and oxygen atoms in total. The van der Waals surface area contributed by atoms with Gasteiger partial charge in [0, 0.05) is 29.6 Å². The van der Waals surface area contributed by atoms with Crippen LogP contribution in [0.1, 0.15) is 45.4 Å². The fourth-order valence-electron chi connectivity index (χ4n) is 3.11. The van der Waals surface area contributed by atoms with Crippen LogP contribution in [0.4, 0.5) is 5.82 Å². The average Bonchev–Trinajstić information content (AvgIpc) is 2.55. The number of fused-ring (bicyclic) bond motifs is 1. The highest BCUT2D eigenvalue weighted by molar-refractivity contribution is 9.10. The molecule has 136 valence electrons. The standard InChI is InChI=1S/C16H21BrN4O3S/c1-10-2-4-12(5-3-10)19-15(22)7-6-14-20-16-13(25(23,24)21-14)8-11(17)9-18-16/h8-10,12H,2-7H2,1H3,(H,19,22)(H,18,20,21). The van der Waals surface area contributed by atoms with E-state index in [1.807, 2.05) is 0 Å². The van der Waals surface area contributed by atoms with Crippen LogP contribution in [0.3, 0.4) is 0 Å².